The van der Waals surface area contributed by atoms with Gasteiger partial charge in [0.1, 0.15) is 5.03 Å². The van der Waals surface area contributed by atoms with Gasteiger partial charge in [-0.2, -0.15) is 0 Å². The summed E-state index contributed by atoms with van der Waals surface area (Å²) in [5, 5.41) is 1.69. The molecule has 0 aliphatic rings. The second-order valence-corrected chi connectivity index (χ2v) is 4.21. The molecule has 1 heterocycles. The average Bonchev–Trinajstić information content (AvgIpc) is 2.29. The van der Waals surface area contributed by atoms with E-state index < -0.39 is 0 Å². The minimum absolute atomic E-state index is 0.658. The standard InChI is InChI=1S/C11H17NO3S/c1-5-15-8(2)16-11-10(14-4)9(13-3)6-7-12-11/h6-7,16H,5H2,1-4H3. The summed E-state index contributed by atoms with van der Waals surface area (Å²) in [6, 6.07) is 1.77. The third-order valence-corrected chi connectivity index (χ3v) is 2.86. The lowest BCUT2D eigenvalue weighted by Gasteiger charge is -2.09. The Morgan fingerprint density at radius 2 is 2.12 bits per heavy atom. The monoisotopic (exact) mass is 243 g/mol. The van der Waals surface area contributed by atoms with Crippen LogP contribution in [0.3, 0.4) is 0 Å². The third-order valence-electron chi connectivity index (χ3n) is 1.89. The lowest BCUT2D eigenvalue weighted by atomic mass is 10.4. The molecule has 0 saturated heterocycles. The molecule has 0 aromatic carbocycles. The van der Waals surface area contributed by atoms with Gasteiger partial charge in [0.15, 0.2) is 11.5 Å². The number of pyridine rings is 1. The van der Waals surface area contributed by atoms with E-state index in [1.54, 1.807) is 26.5 Å². The third kappa shape index (κ3) is 3.21. The molecular weight excluding hydrogens is 226 g/mol. The zero-order valence-corrected chi connectivity index (χ0v) is 10.9. The second kappa shape index (κ2) is 6.50. The van der Waals surface area contributed by atoms with E-state index in [9.17, 15) is 0 Å². The van der Waals surface area contributed by atoms with E-state index in [4.69, 9.17) is 14.2 Å². The van der Waals surface area contributed by atoms with Crippen molar-refractivity contribution in [1.29, 1.82) is 0 Å². The fraction of sp³-hybridized carbons (Fsp3) is 0.455. The van der Waals surface area contributed by atoms with Crippen LogP contribution in [0.15, 0.2) is 17.3 Å². The van der Waals surface area contributed by atoms with Crippen LogP contribution in [0.4, 0.5) is 0 Å². The number of aromatic nitrogens is 1. The highest BCUT2D eigenvalue weighted by atomic mass is 32.1. The summed E-state index contributed by atoms with van der Waals surface area (Å²) in [4.78, 5) is 4.26. The number of rotatable bonds is 4. The van der Waals surface area contributed by atoms with Gasteiger partial charge in [-0.05, 0) is 13.8 Å². The van der Waals surface area contributed by atoms with Crippen LogP contribution < -0.4 is 9.47 Å². The first kappa shape index (κ1) is 13.0. The summed E-state index contributed by atoms with van der Waals surface area (Å²) in [7, 11) is 3.21. The normalized spacial score (nSPS) is 11.9. The van der Waals surface area contributed by atoms with Crippen molar-refractivity contribution < 1.29 is 14.2 Å². The molecule has 1 aromatic heterocycles. The number of nitrogens with zero attached hydrogens (tertiary/aromatic N) is 1. The number of thiol groups is 1. The Balaban J connectivity index is 3.08. The van der Waals surface area contributed by atoms with Gasteiger partial charge in [0.25, 0.3) is 0 Å². The fourth-order valence-corrected chi connectivity index (χ4v) is 2.16. The molecule has 0 amide bonds. The summed E-state index contributed by atoms with van der Waals surface area (Å²) in [6.07, 6.45) is 1.70. The van der Waals surface area contributed by atoms with Crippen molar-refractivity contribution in [3.05, 3.63) is 12.3 Å². The van der Waals surface area contributed by atoms with Crippen LogP contribution in [0, 0.1) is 0 Å². The Morgan fingerprint density at radius 1 is 1.38 bits per heavy atom. The highest BCUT2D eigenvalue weighted by Gasteiger charge is 2.08. The van der Waals surface area contributed by atoms with Crippen LogP contribution in [0.1, 0.15) is 13.8 Å². The van der Waals surface area contributed by atoms with Crippen LogP contribution in [-0.4, -0.2) is 30.9 Å². The quantitative estimate of drug-likeness (QED) is 0.649. The predicted octanol–water partition coefficient (Wildman–Crippen LogP) is 2.11. The number of hydrogen-bond acceptors (Lipinski definition) is 4. The molecule has 1 aromatic rings. The molecule has 0 atom stereocenters. The van der Waals surface area contributed by atoms with E-state index in [-0.39, 0.29) is 0 Å². The van der Waals surface area contributed by atoms with Gasteiger partial charge < -0.3 is 14.2 Å². The van der Waals surface area contributed by atoms with E-state index in [0.29, 0.717) is 18.1 Å². The first-order chi connectivity index (χ1) is 7.72. The molecule has 5 heteroatoms. The summed E-state index contributed by atoms with van der Waals surface area (Å²) in [5.41, 5.74) is 0. The van der Waals surface area contributed by atoms with Crippen LogP contribution in [-0.2, 0) is 4.74 Å². The zero-order chi connectivity index (χ0) is 12.0. The largest absolute Gasteiger partial charge is 0.493 e. The average molecular weight is 243 g/mol. The van der Waals surface area contributed by atoms with Gasteiger partial charge in [0, 0.05) is 12.3 Å². The zero-order valence-electron chi connectivity index (χ0n) is 9.98. The van der Waals surface area contributed by atoms with Crippen LogP contribution >= 0.6 is 11.4 Å². The molecule has 0 spiro atoms. The van der Waals surface area contributed by atoms with E-state index >= 15 is 0 Å². The van der Waals surface area contributed by atoms with Crippen molar-refractivity contribution in [3.63, 3.8) is 0 Å². The molecule has 0 N–H and O–H groups in total. The van der Waals surface area contributed by atoms with Crippen molar-refractivity contribution in [2.45, 2.75) is 18.9 Å². The lowest BCUT2D eigenvalue weighted by Crippen LogP contribution is -1.98. The first-order valence-electron chi connectivity index (χ1n) is 4.98. The molecule has 0 bridgehead atoms. The SMILES string of the molecule is CCOC(C)=[SH]c1nccc(OC)c1OC. The van der Waals surface area contributed by atoms with E-state index in [0.717, 1.165) is 21.4 Å². The van der Waals surface area contributed by atoms with Crippen molar-refractivity contribution in [2.75, 3.05) is 20.8 Å². The number of hydrogen-bond donors (Lipinski definition) is 1. The maximum atomic E-state index is 5.39. The molecule has 0 aliphatic heterocycles. The molecule has 4 nitrogen and oxygen atoms in total. The summed E-state index contributed by atoms with van der Waals surface area (Å²) < 4.78 is 15.9. The lowest BCUT2D eigenvalue weighted by molar-refractivity contribution is 0.333. The van der Waals surface area contributed by atoms with Gasteiger partial charge >= 0.3 is 0 Å². The highest BCUT2D eigenvalue weighted by Crippen LogP contribution is 2.33. The maximum Gasteiger partial charge on any atom is 0.192 e. The van der Waals surface area contributed by atoms with Gasteiger partial charge in [0.05, 0.1) is 25.9 Å². The molecule has 0 fully saturated rings. The Hall–Kier alpha value is -1.07. The van der Waals surface area contributed by atoms with Crippen molar-refractivity contribution in [3.8, 4) is 11.5 Å². The van der Waals surface area contributed by atoms with E-state index in [1.807, 2.05) is 13.8 Å². The maximum absolute atomic E-state index is 5.39. The summed E-state index contributed by atoms with van der Waals surface area (Å²) in [5.74, 6) is 1.34. The summed E-state index contributed by atoms with van der Waals surface area (Å²) >= 11 is 0.898. The van der Waals surface area contributed by atoms with Gasteiger partial charge in [-0.1, -0.05) is 0 Å². The number of methoxy groups -OCH3 is 2. The highest BCUT2D eigenvalue weighted by molar-refractivity contribution is 7.98. The Morgan fingerprint density at radius 3 is 2.69 bits per heavy atom. The van der Waals surface area contributed by atoms with Crippen molar-refractivity contribution in [2.24, 2.45) is 0 Å². The topological polar surface area (TPSA) is 40.6 Å². The van der Waals surface area contributed by atoms with Crippen LogP contribution in [0.5, 0.6) is 11.5 Å². The van der Waals surface area contributed by atoms with E-state index in [2.05, 4.69) is 4.98 Å². The van der Waals surface area contributed by atoms with Crippen LogP contribution in [0.25, 0.3) is 0 Å². The summed E-state index contributed by atoms with van der Waals surface area (Å²) in [6.45, 7) is 4.53. The fourth-order valence-electron chi connectivity index (χ4n) is 1.24. The minimum Gasteiger partial charge on any atom is -0.493 e. The Labute approximate surface area is 99.5 Å². The van der Waals surface area contributed by atoms with Gasteiger partial charge in [-0.25, -0.2) is 4.98 Å². The van der Waals surface area contributed by atoms with E-state index in [1.165, 1.54) is 0 Å². The molecule has 16 heavy (non-hydrogen) atoms. The molecule has 1 rings (SSSR count). The van der Waals surface area contributed by atoms with Crippen molar-refractivity contribution in [1.82, 2.24) is 4.98 Å². The van der Waals surface area contributed by atoms with Crippen molar-refractivity contribution >= 4 is 16.4 Å². The smallest absolute Gasteiger partial charge is 0.192 e. The molecule has 0 saturated carbocycles. The molecular formula is C11H17NO3S. The molecule has 90 valence electrons. The molecule has 0 aliphatic carbocycles. The molecule has 0 unspecified atom stereocenters. The predicted molar refractivity (Wildman–Crippen MR) is 66.9 cm³/mol. The molecule has 0 radical (unpaired) electrons. The second-order valence-electron chi connectivity index (χ2n) is 2.93. The first-order valence-corrected chi connectivity index (χ1v) is 5.87. The Kier molecular flexibility index (Phi) is 5.28. The van der Waals surface area contributed by atoms with Crippen LogP contribution in [0.2, 0.25) is 0 Å². The van der Waals surface area contributed by atoms with Gasteiger partial charge in [-0.3, -0.25) is 0 Å². The number of ether oxygens (including phenoxy) is 3. The minimum atomic E-state index is 0.658. The van der Waals surface area contributed by atoms with Gasteiger partial charge in [-0.15, -0.1) is 11.4 Å². The van der Waals surface area contributed by atoms with Gasteiger partial charge in [0.2, 0.25) is 0 Å². The Bertz CT molecular complexity index is 379.